The van der Waals surface area contributed by atoms with Crippen LogP contribution in [0.4, 0.5) is 4.39 Å². The Morgan fingerprint density at radius 3 is 2.46 bits per heavy atom. The van der Waals surface area contributed by atoms with Crippen LogP contribution < -0.4 is 4.74 Å². The summed E-state index contributed by atoms with van der Waals surface area (Å²) in [6, 6.07) is 13.4. The van der Waals surface area contributed by atoms with Crippen LogP contribution in [0.5, 0.6) is 5.75 Å². The molecule has 6 nitrogen and oxygen atoms in total. The predicted molar refractivity (Wildman–Crippen MR) is 102 cm³/mol. The van der Waals surface area contributed by atoms with Gasteiger partial charge in [-0.15, -0.1) is 0 Å². The van der Waals surface area contributed by atoms with Crippen LogP contribution >= 0.6 is 0 Å². The molecule has 4 atom stereocenters. The van der Waals surface area contributed by atoms with E-state index < -0.39 is 24.4 Å². The maximum Gasteiger partial charge on any atom is 0.123 e. The predicted octanol–water partition coefficient (Wildman–Crippen LogP) is 1.60. The molecule has 3 rings (SSSR count). The second-order valence-corrected chi connectivity index (χ2v) is 6.45. The van der Waals surface area contributed by atoms with E-state index in [4.69, 9.17) is 14.6 Å². The van der Waals surface area contributed by atoms with Gasteiger partial charge in [-0.25, -0.2) is 4.39 Å². The number of aliphatic hydroxyl groups is 4. The largest absolute Gasteiger partial charge is 0.493 e. The molecule has 0 amide bonds. The summed E-state index contributed by atoms with van der Waals surface area (Å²) in [5.74, 6) is 0.385. The molecule has 0 aliphatic carbocycles. The topological polar surface area (TPSA) is 99.4 Å². The lowest BCUT2D eigenvalue weighted by Gasteiger charge is -2.36. The molecule has 0 radical (unpaired) electrons. The Balaban J connectivity index is 0.00000136. The monoisotopic (exact) mass is 394 g/mol. The Hall–Kier alpha value is -2.03. The number of benzene rings is 2. The molecule has 2 aromatic rings. The molecule has 4 N–H and O–H groups in total. The molecule has 1 saturated heterocycles. The van der Waals surface area contributed by atoms with Gasteiger partial charge < -0.3 is 29.9 Å². The summed E-state index contributed by atoms with van der Waals surface area (Å²) < 4.78 is 24.5. The summed E-state index contributed by atoms with van der Waals surface area (Å²) in [5, 5.41) is 36.3. The molecule has 7 heteroatoms. The molecular formula is C21H27FO6. The van der Waals surface area contributed by atoms with Gasteiger partial charge in [0.15, 0.2) is 0 Å². The molecule has 154 valence electrons. The van der Waals surface area contributed by atoms with E-state index in [1.165, 1.54) is 12.1 Å². The highest BCUT2D eigenvalue weighted by Gasteiger charge is 2.37. The molecule has 1 heterocycles. The average Bonchev–Trinajstić information content (AvgIpc) is 2.72. The Morgan fingerprint density at radius 2 is 1.82 bits per heavy atom. The van der Waals surface area contributed by atoms with E-state index in [9.17, 15) is 19.7 Å². The highest BCUT2D eigenvalue weighted by atomic mass is 19.1. The lowest BCUT2D eigenvalue weighted by atomic mass is 9.93. The van der Waals surface area contributed by atoms with Crippen molar-refractivity contribution in [2.45, 2.75) is 37.3 Å². The van der Waals surface area contributed by atoms with E-state index in [2.05, 4.69) is 0 Å². The van der Waals surface area contributed by atoms with Crippen LogP contribution in [0.1, 0.15) is 23.7 Å². The molecule has 0 saturated carbocycles. The van der Waals surface area contributed by atoms with Gasteiger partial charge >= 0.3 is 0 Å². The van der Waals surface area contributed by atoms with Crippen LogP contribution in [0, 0.1) is 5.82 Å². The first-order chi connectivity index (χ1) is 13.6. The first-order valence-electron chi connectivity index (χ1n) is 9.11. The van der Waals surface area contributed by atoms with E-state index in [1.807, 2.05) is 6.07 Å². The quantitative estimate of drug-likeness (QED) is 0.594. The summed E-state index contributed by atoms with van der Waals surface area (Å²) in [7, 11) is 1.00. The Kier molecular flexibility index (Phi) is 8.82. The standard InChI is InChI=1S/C20H23FO5.CH4O/c21-15-3-1-2-13(10-15)8-9-25-16-6-4-14(5-7-16)20-19(24)18(23)11-17(12-22)26-20;1-2/h1-7,10,17-20,22-24H,8-9,11-12H2;2H,1H3/t17?,18?,19?,20-;/m1./s1. The third-order valence-corrected chi connectivity index (χ3v) is 4.51. The zero-order valence-electron chi connectivity index (χ0n) is 15.7. The minimum absolute atomic E-state index is 0.204. The van der Waals surface area contributed by atoms with Gasteiger partial charge in [0, 0.05) is 20.0 Å². The summed E-state index contributed by atoms with van der Waals surface area (Å²) in [6.07, 6.45) is -2.38. The maximum absolute atomic E-state index is 13.1. The summed E-state index contributed by atoms with van der Waals surface area (Å²) >= 11 is 0. The number of aliphatic hydroxyl groups excluding tert-OH is 4. The number of ether oxygens (including phenoxy) is 2. The highest BCUT2D eigenvalue weighted by Crippen LogP contribution is 2.32. The van der Waals surface area contributed by atoms with Crippen molar-refractivity contribution < 1.29 is 34.3 Å². The fourth-order valence-corrected chi connectivity index (χ4v) is 3.08. The first-order valence-corrected chi connectivity index (χ1v) is 9.11. The number of hydrogen-bond donors (Lipinski definition) is 4. The molecule has 1 fully saturated rings. The van der Waals surface area contributed by atoms with Gasteiger partial charge in [-0.05, 0) is 35.4 Å². The van der Waals surface area contributed by atoms with Gasteiger partial charge in [-0.3, -0.25) is 0 Å². The van der Waals surface area contributed by atoms with Crippen LogP contribution in [0.3, 0.4) is 0 Å². The second-order valence-electron chi connectivity index (χ2n) is 6.45. The van der Waals surface area contributed by atoms with Crippen molar-refractivity contribution in [1.82, 2.24) is 0 Å². The number of rotatable bonds is 6. The SMILES string of the molecule is CO.OCC1CC(O)C(O)[C@@H](c2ccc(OCCc3cccc(F)c3)cc2)O1. The van der Waals surface area contributed by atoms with E-state index >= 15 is 0 Å². The minimum Gasteiger partial charge on any atom is -0.493 e. The zero-order valence-corrected chi connectivity index (χ0v) is 15.7. The van der Waals surface area contributed by atoms with Gasteiger partial charge in [-0.2, -0.15) is 0 Å². The van der Waals surface area contributed by atoms with Crippen LogP contribution in [0.25, 0.3) is 0 Å². The van der Waals surface area contributed by atoms with E-state index in [0.717, 1.165) is 12.7 Å². The number of hydrogen-bond acceptors (Lipinski definition) is 6. The van der Waals surface area contributed by atoms with E-state index in [1.54, 1.807) is 30.3 Å². The molecule has 1 aliphatic heterocycles. The van der Waals surface area contributed by atoms with Crippen molar-refractivity contribution in [2.24, 2.45) is 0 Å². The van der Waals surface area contributed by atoms with Crippen molar-refractivity contribution in [3.8, 4) is 5.75 Å². The van der Waals surface area contributed by atoms with Gasteiger partial charge in [0.1, 0.15) is 23.8 Å². The van der Waals surface area contributed by atoms with Crippen molar-refractivity contribution >= 4 is 0 Å². The summed E-state index contributed by atoms with van der Waals surface area (Å²) in [5.41, 5.74) is 1.57. The smallest absolute Gasteiger partial charge is 0.123 e. The van der Waals surface area contributed by atoms with Gasteiger partial charge in [0.05, 0.1) is 25.4 Å². The third kappa shape index (κ3) is 5.98. The molecular weight excluding hydrogens is 367 g/mol. The maximum atomic E-state index is 13.1. The van der Waals surface area contributed by atoms with Crippen LogP contribution in [-0.4, -0.2) is 59.1 Å². The molecule has 0 bridgehead atoms. The van der Waals surface area contributed by atoms with Crippen LogP contribution in [0.15, 0.2) is 48.5 Å². The normalized spacial score (nSPS) is 24.2. The van der Waals surface area contributed by atoms with Crippen molar-refractivity contribution in [1.29, 1.82) is 0 Å². The first kappa shape index (κ1) is 22.3. The fraction of sp³-hybridized carbons (Fsp3) is 0.429. The molecule has 1 aliphatic rings. The van der Waals surface area contributed by atoms with Crippen LogP contribution in [0.2, 0.25) is 0 Å². The minimum atomic E-state index is -1.04. The molecule has 0 spiro atoms. The lowest BCUT2D eigenvalue weighted by molar-refractivity contribution is -0.179. The van der Waals surface area contributed by atoms with Gasteiger partial charge in [-0.1, -0.05) is 24.3 Å². The highest BCUT2D eigenvalue weighted by molar-refractivity contribution is 5.30. The van der Waals surface area contributed by atoms with Crippen molar-refractivity contribution in [3.63, 3.8) is 0 Å². The Labute approximate surface area is 163 Å². The van der Waals surface area contributed by atoms with Crippen molar-refractivity contribution in [3.05, 3.63) is 65.5 Å². The fourth-order valence-electron chi connectivity index (χ4n) is 3.08. The summed E-state index contributed by atoms with van der Waals surface area (Å²) in [6.45, 7) is 0.207. The molecule has 2 aromatic carbocycles. The number of halogens is 1. The lowest BCUT2D eigenvalue weighted by Crippen LogP contribution is -2.44. The van der Waals surface area contributed by atoms with Crippen LogP contribution in [-0.2, 0) is 11.2 Å². The molecule has 0 aromatic heterocycles. The Bertz CT molecular complexity index is 708. The molecule has 28 heavy (non-hydrogen) atoms. The van der Waals surface area contributed by atoms with E-state index in [-0.39, 0.29) is 18.8 Å². The summed E-state index contributed by atoms with van der Waals surface area (Å²) in [4.78, 5) is 0. The Morgan fingerprint density at radius 1 is 1.11 bits per heavy atom. The van der Waals surface area contributed by atoms with Gasteiger partial charge in [0.2, 0.25) is 0 Å². The zero-order chi connectivity index (χ0) is 20.5. The average molecular weight is 394 g/mol. The molecule has 3 unspecified atom stereocenters. The third-order valence-electron chi connectivity index (χ3n) is 4.51. The second kappa shape index (κ2) is 11.1. The van der Waals surface area contributed by atoms with Crippen molar-refractivity contribution in [2.75, 3.05) is 20.3 Å². The van der Waals surface area contributed by atoms with Gasteiger partial charge in [0.25, 0.3) is 0 Å². The van der Waals surface area contributed by atoms with E-state index in [0.29, 0.717) is 24.3 Å².